The fourth-order valence-corrected chi connectivity index (χ4v) is 1.25. The van der Waals surface area contributed by atoms with Crippen LogP contribution in [0.4, 0.5) is 22.0 Å². The van der Waals surface area contributed by atoms with Gasteiger partial charge in [-0.25, -0.2) is 22.0 Å². The quantitative estimate of drug-likeness (QED) is 0.399. The van der Waals surface area contributed by atoms with Crippen LogP contribution in [0.2, 0.25) is 0 Å². The lowest BCUT2D eigenvalue weighted by atomic mass is 10.1. The molecule has 0 aliphatic carbocycles. The average Bonchev–Trinajstić information content (AvgIpc) is 2.23. The normalized spacial score (nSPS) is 10.5. The molecule has 1 rings (SSSR count). The van der Waals surface area contributed by atoms with Crippen LogP contribution in [-0.4, -0.2) is 0 Å². The predicted molar refractivity (Wildman–Crippen MR) is 50.7 cm³/mol. The molecular weight excluding hydrogens is 297 g/mol. The summed E-state index contributed by atoms with van der Waals surface area (Å²) in [6, 6.07) is 0. The van der Waals surface area contributed by atoms with Gasteiger partial charge in [0, 0.05) is 0 Å². The predicted octanol–water partition coefficient (Wildman–Crippen LogP) is 4.72. The molecule has 0 heterocycles. The second-order valence-electron chi connectivity index (χ2n) is 2.52. The molecule has 0 atom stereocenters. The van der Waals surface area contributed by atoms with Gasteiger partial charge >= 0.3 is 0 Å². The molecule has 0 bridgehead atoms. The second kappa shape index (κ2) is 4.77. The van der Waals surface area contributed by atoms with Crippen LogP contribution in [0.25, 0.3) is 5.03 Å². The maximum Gasteiger partial charge on any atom is 0.200 e. The van der Waals surface area contributed by atoms with E-state index in [9.17, 15) is 22.0 Å². The third-order valence-corrected chi connectivity index (χ3v) is 2.54. The molecule has 0 amide bonds. The molecule has 88 valence electrons. The summed E-state index contributed by atoms with van der Waals surface area (Å²) in [6.45, 7) is 0. The highest BCUT2D eigenvalue weighted by Gasteiger charge is 2.28. The molecule has 1 aromatic carbocycles. The number of halogens is 8. The first-order chi connectivity index (χ1) is 7.29. The molecule has 8 heteroatoms. The lowest BCUT2D eigenvalue weighted by molar-refractivity contribution is 0.376. The van der Waals surface area contributed by atoms with Crippen LogP contribution >= 0.6 is 34.8 Å². The highest BCUT2D eigenvalue weighted by Crippen LogP contribution is 2.34. The maximum atomic E-state index is 13.1. The van der Waals surface area contributed by atoms with Crippen molar-refractivity contribution in [2.45, 2.75) is 0 Å². The van der Waals surface area contributed by atoms with Crippen molar-refractivity contribution < 1.29 is 22.0 Å². The van der Waals surface area contributed by atoms with E-state index >= 15 is 0 Å². The van der Waals surface area contributed by atoms with E-state index in [1.807, 2.05) is 0 Å². The van der Waals surface area contributed by atoms with Crippen molar-refractivity contribution in [1.82, 2.24) is 0 Å². The zero-order valence-corrected chi connectivity index (χ0v) is 9.29. The first-order valence-electron chi connectivity index (χ1n) is 3.51. The van der Waals surface area contributed by atoms with Gasteiger partial charge < -0.3 is 0 Å². The van der Waals surface area contributed by atoms with Gasteiger partial charge in [0.05, 0.1) is 10.6 Å². The summed E-state index contributed by atoms with van der Waals surface area (Å²) in [5, 5.41) is -0.962. The number of hydrogen-bond acceptors (Lipinski definition) is 0. The van der Waals surface area contributed by atoms with E-state index in [1.54, 1.807) is 0 Å². The average molecular weight is 297 g/mol. The molecule has 0 aliphatic rings. The van der Waals surface area contributed by atoms with Crippen LogP contribution in [0.15, 0.2) is 4.49 Å². The Morgan fingerprint density at radius 1 is 0.625 bits per heavy atom. The van der Waals surface area contributed by atoms with Crippen molar-refractivity contribution >= 4 is 39.8 Å². The Bertz CT molecular complexity index is 450. The van der Waals surface area contributed by atoms with Gasteiger partial charge in [0.2, 0.25) is 5.82 Å². The highest BCUT2D eigenvalue weighted by molar-refractivity contribution is 6.66. The molecule has 0 unspecified atom stereocenters. The Kier molecular flexibility index (Phi) is 4.04. The lowest BCUT2D eigenvalue weighted by Crippen LogP contribution is -2.05. The number of hydrogen-bond donors (Lipinski definition) is 0. The third-order valence-electron chi connectivity index (χ3n) is 1.60. The van der Waals surface area contributed by atoms with Crippen molar-refractivity contribution in [3.05, 3.63) is 39.1 Å². The van der Waals surface area contributed by atoms with Gasteiger partial charge in [0.1, 0.15) is 4.49 Å². The third kappa shape index (κ3) is 2.12. The molecule has 0 spiro atoms. The van der Waals surface area contributed by atoms with Crippen molar-refractivity contribution in [2.24, 2.45) is 0 Å². The molecule has 0 radical (unpaired) electrons. The number of rotatable bonds is 1. The fraction of sp³-hybridized carbons (Fsp3) is 0. The molecule has 1 aromatic rings. The van der Waals surface area contributed by atoms with E-state index in [2.05, 4.69) is 0 Å². The molecule has 16 heavy (non-hydrogen) atoms. The molecule has 0 N–H and O–H groups in total. The van der Waals surface area contributed by atoms with E-state index < -0.39 is 44.2 Å². The van der Waals surface area contributed by atoms with E-state index in [0.717, 1.165) is 0 Å². The Labute approximate surface area is 101 Å². The topological polar surface area (TPSA) is 0 Å². The molecule has 0 aromatic heterocycles. The zero-order chi connectivity index (χ0) is 12.6. The molecule has 0 aliphatic heterocycles. The largest absolute Gasteiger partial charge is 0.203 e. The van der Waals surface area contributed by atoms with Crippen molar-refractivity contribution in [2.75, 3.05) is 0 Å². The monoisotopic (exact) mass is 296 g/mol. The molecular formula is C8Cl3F5. The Balaban J connectivity index is 3.72. The van der Waals surface area contributed by atoms with Gasteiger partial charge in [0.25, 0.3) is 0 Å². The van der Waals surface area contributed by atoms with E-state index in [-0.39, 0.29) is 0 Å². The molecule has 0 saturated carbocycles. The van der Waals surface area contributed by atoms with Gasteiger partial charge in [-0.15, -0.1) is 0 Å². The van der Waals surface area contributed by atoms with Gasteiger partial charge in [-0.05, 0) is 0 Å². The van der Waals surface area contributed by atoms with Gasteiger partial charge in [-0.3, -0.25) is 0 Å². The Morgan fingerprint density at radius 3 is 1.25 bits per heavy atom. The van der Waals surface area contributed by atoms with Crippen molar-refractivity contribution in [1.29, 1.82) is 0 Å². The molecule has 0 fully saturated rings. The van der Waals surface area contributed by atoms with Gasteiger partial charge in [0.15, 0.2) is 23.3 Å². The SMILES string of the molecule is Fc1c(F)c(F)c(C(Cl)=C(Cl)Cl)c(F)c1F. The standard InChI is InChI=1S/C8Cl3F5/c9-2(8(10)11)1-3(12)5(14)7(16)6(15)4(1)13. The lowest BCUT2D eigenvalue weighted by Gasteiger charge is -2.06. The highest BCUT2D eigenvalue weighted by atomic mass is 35.5. The summed E-state index contributed by atoms with van der Waals surface area (Å²) in [5.41, 5.74) is -1.36. The summed E-state index contributed by atoms with van der Waals surface area (Å²) in [4.78, 5) is 0. The van der Waals surface area contributed by atoms with Crippen molar-refractivity contribution in [3.8, 4) is 0 Å². The van der Waals surface area contributed by atoms with Gasteiger partial charge in [-0.2, -0.15) is 0 Å². The Hall–Kier alpha value is -0.520. The summed E-state index contributed by atoms with van der Waals surface area (Å²) in [7, 11) is 0. The summed E-state index contributed by atoms with van der Waals surface area (Å²) in [5.74, 6) is -10.7. The fourth-order valence-electron chi connectivity index (χ4n) is 0.892. The smallest absolute Gasteiger partial charge is 0.200 e. The maximum absolute atomic E-state index is 13.1. The van der Waals surface area contributed by atoms with E-state index in [0.29, 0.717) is 0 Å². The van der Waals surface area contributed by atoms with E-state index in [4.69, 9.17) is 34.8 Å². The first kappa shape index (κ1) is 13.5. The summed E-state index contributed by atoms with van der Waals surface area (Å²) in [6.07, 6.45) is 0. The molecule has 0 saturated heterocycles. The first-order valence-corrected chi connectivity index (χ1v) is 4.65. The summed E-state index contributed by atoms with van der Waals surface area (Å²) < 4.78 is 63.3. The van der Waals surface area contributed by atoms with Gasteiger partial charge in [-0.1, -0.05) is 34.8 Å². The minimum absolute atomic E-state index is 0.815. The number of benzene rings is 1. The summed E-state index contributed by atoms with van der Waals surface area (Å²) >= 11 is 15.4. The molecule has 0 nitrogen and oxygen atoms in total. The van der Waals surface area contributed by atoms with Crippen LogP contribution in [0.1, 0.15) is 5.56 Å². The van der Waals surface area contributed by atoms with Crippen LogP contribution < -0.4 is 0 Å². The van der Waals surface area contributed by atoms with Crippen LogP contribution in [0.5, 0.6) is 0 Å². The van der Waals surface area contributed by atoms with Crippen LogP contribution in [-0.2, 0) is 0 Å². The van der Waals surface area contributed by atoms with E-state index in [1.165, 1.54) is 0 Å². The van der Waals surface area contributed by atoms with Crippen LogP contribution in [0.3, 0.4) is 0 Å². The minimum Gasteiger partial charge on any atom is -0.203 e. The zero-order valence-electron chi connectivity index (χ0n) is 7.02. The van der Waals surface area contributed by atoms with Crippen LogP contribution in [0, 0.1) is 29.1 Å². The second-order valence-corrected chi connectivity index (χ2v) is 3.85. The minimum atomic E-state index is -2.28. The Morgan fingerprint density at radius 2 is 0.938 bits per heavy atom. The van der Waals surface area contributed by atoms with Crippen molar-refractivity contribution in [3.63, 3.8) is 0 Å².